The van der Waals surface area contributed by atoms with Crippen LogP contribution in [0.4, 0.5) is 0 Å². The zero-order valence-electron chi connectivity index (χ0n) is 15.7. The smallest absolute Gasteiger partial charge is 0.345 e. The maximum atomic E-state index is 12.6. The third-order valence-electron chi connectivity index (χ3n) is 4.55. The van der Waals surface area contributed by atoms with Crippen molar-refractivity contribution in [2.75, 3.05) is 0 Å². The molecule has 4 rings (SSSR count). The highest BCUT2D eigenvalue weighted by Crippen LogP contribution is 2.27. The van der Waals surface area contributed by atoms with Gasteiger partial charge in [-0.1, -0.05) is 16.8 Å². The van der Waals surface area contributed by atoms with Gasteiger partial charge in [-0.15, -0.1) is 0 Å². The third-order valence-corrected chi connectivity index (χ3v) is 4.80. The number of aryl methyl sites for hydroxylation is 1. The predicted molar refractivity (Wildman–Crippen MR) is 107 cm³/mol. The van der Waals surface area contributed by atoms with E-state index >= 15 is 0 Å². The Labute approximate surface area is 170 Å². The SMILES string of the molecule is Cc1ccn2c(=O)c(C(=O)OCc3noc(-c4ccc(Cl)cc4)c3C)cnc2c1. The lowest BCUT2D eigenvalue weighted by Gasteiger charge is -2.05. The van der Waals surface area contributed by atoms with E-state index < -0.39 is 11.5 Å². The van der Waals surface area contributed by atoms with E-state index in [2.05, 4.69) is 10.1 Å². The fraction of sp³-hybridized carbons (Fsp3) is 0.143. The summed E-state index contributed by atoms with van der Waals surface area (Å²) in [5.41, 5.74) is 2.81. The molecule has 0 fully saturated rings. The number of carbonyl (C=O) groups is 1. The molecule has 8 heteroatoms. The number of fused-ring (bicyclic) bond motifs is 1. The van der Waals surface area contributed by atoms with Crippen molar-refractivity contribution in [2.45, 2.75) is 20.5 Å². The van der Waals surface area contributed by atoms with E-state index in [9.17, 15) is 9.59 Å². The Kier molecular flexibility index (Phi) is 4.90. The minimum absolute atomic E-state index is 0.127. The van der Waals surface area contributed by atoms with E-state index in [1.807, 2.05) is 26.0 Å². The number of nitrogens with zero attached hydrogens (tertiary/aromatic N) is 3. The monoisotopic (exact) mass is 409 g/mol. The number of hydrogen-bond donors (Lipinski definition) is 0. The van der Waals surface area contributed by atoms with Crippen LogP contribution < -0.4 is 5.56 Å². The van der Waals surface area contributed by atoms with Gasteiger partial charge in [-0.2, -0.15) is 0 Å². The van der Waals surface area contributed by atoms with Crippen molar-refractivity contribution in [3.8, 4) is 11.3 Å². The third kappa shape index (κ3) is 3.64. The Bertz CT molecular complexity index is 1280. The molecule has 0 unspecified atom stereocenters. The Morgan fingerprint density at radius 1 is 1.21 bits per heavy atom. The summed E-state index contributed by atoms with van der Waals surface area (Å²) in [4.78, 5) is 29.1. The van der Waals surface area contributed by atoms with Gasteiger partial charge in [0.05, 0.1) is 0 Å². The van der Waals surface area contributed by atoms with Crippen molar-refractivity contribution in [1.29, 1.82) is 0 Å². The molecule has 0 aliphatic heterocycles. The number of halogens is 1. The van der Waals surface area contributed by atoms with Crippen molar-refractivity contribution in [2.24, 2.45) is 0 Å². The first-order chi connectivity index (χ1) is 13.9. The highest BCUT2D eigenvalue weighted by atomic mass is 35.5. The van der Waals surface area contributed by atoms with Crippen LogP contribution in [0.1, 0.15) is 27.2 Å². The number of carbonyl (C=O) groups excluding carboxylic acids is 1. The van der Waals surface area contributed by atoms with Crippen LogP contribution in [0, 0.1) is 13.8 Å². The number of benzene rings is 1. The summed E-state index contributed by atoms with van der Waals surface area (Å²) in [6, 6.07) is 10.7. The first-order valence-corrected chi connectivity index (χ1v) is 9.18. The topological polar surface area (TPSA) is 86.7 Å². The van der Waals surface area contributed by atoms with Crippen LogP contribution in [0.3, 0.4) is 0 Å². The zero-order chi connectivity index (χ0) is 20.5. The van der Waals surface area contributed by atoms with Gasteiger partial charge in [0.2, 0.25) is 0 Å². The molecule has 0 amide bonds. The van der Waals surface area contributed by atoms with E-state index in [0.717, 1.165) is 16.7 Å². The number of aromatic nitrogens is 3. The maximum absolute atomic E-state index is 12.6. The summed E-state index contributed by atoms with van der Waals surface area (Å²) in [5, 5.41) is 4.59. The van der Waals surface area contributed by atoms with Crippen molar-refractivity contribution >= 4 is 23.2 Å². The molecule has 0 saturated carbocycles. The second kappa shape index (κ2) is 7.52. The summed E-state index contributed by atoms with van der Waals surface area (Å²) in [6.45, 7) is 3.59. The Morgan fingerprint density at radius 3 is 2.72 bits per heavy atom. The number of rotatable bonds is 4. The van der Waals surface area contributed by atoms with Gasteiger partial charge in [-0.25, -0.2) is 9.78 Å². The van der Waals surface area contributed by atoms with Gasteiger partial charge in [-0.05, 0) is 55.8 Å². The van der Waals surface area contributed by atoms with Crippen molar-refractivity contribution in [3.63, 3.8) is 0 Å². The number of pyridine rings is 1. The highest BCUT2D eigenvalue weighted by Gasteiger charge is 2.18. The molecule has 0 aliphatic rings. The molecule has 1 aromatic carbocycles. The van der Waals surface area contributed by atoms with Crippen molar-refractivity contribution < 1.29 is 14.1 Å². The highest BCUT2D eigenvalue weighted by molar-refractivity contribution is 6.30. The summed E-state index contributed by atoms with van der Waals surface area (Å²) in [7, 11) is 0. The molecule has 146 valence electrons. The second-order valence-corrected chi connectivity index (χ2v) is 7.01. The molecule has 3 aromatic heterocycles. The fourth-order valence-corrected chi connectivity index (χ4v) is 3.03. The average Bonchev–Trinajstić information content (AvgIpc) is 3.07. The molecule has 0 N–H and O–H groups in total. The lowest BCUT2D eigenvalue weighted by atomic mass is 10.1. The molecule has 7 nitrogen and oxygen atoms in total. The van der Waals surface area contributed by atoms with Gasteiger partial charge in [0.1, 0.15) is 23.5 Å². The quantitative estimate of drug-likeness (QED) is 0.474. The number of esters is 1. The van der Waals surface area contributed by atoms with Gasteiger partial charge >= 0.3 is 5.97 Å². The van der Waals surface area contributed by atoms with Gasteiger partial charge < -0.3 is 9.26 Å². The lowest BCUT2D eigenvalue weighted by Crippen LogP contribution is -2.24. The molecular formula is C21H16ClN3O4. The van der Waals surface area contributed by atoms with Gasteiger partial charge in [0, 0.05) is 28.5 Å². The van der Waals surface area contributed by atoms with Crippen LogP contribution in [0.2, 0.25) is 5.02 Å². The molecule has 29 heavy (non-hydrogen) atoms. The van der Waals surface area contributed by atoms with Crippen LogP contribution in [-0.2, 0) is 11.3 Å². The standard InChI is InChI=1S/C21H16ClN3O4/c1-12-7-8-25-18(9-12)23-10-16(20(25)26)21(27)28-11-17-13(2)19(29-24-17)14-3-5-15(22)6-4-14/h3-10H,11H2,1-2H3. The predicted octanol–water partition coefficient (Wildman–Crippen LogP) is 3.98. The maximum Gasteiger partial charge on any atom is 0.345 e. The van der Waals surface area contributed by atoms with E-state index in [4.69, 9.17) is 20.9 Å². The van der Waals surface area contributed by atoms with Crippen LogP contribution in [-0.4, -0.2) is 20.5 Å². The van der Waals surface area contributed by atoms with Gasteiger partial charge in [0.15, 0.2) is 5.76 Å². The van der Waals surface area contributed by atoms with E-state index in [1.54, 1.807) is 30.5 Å². The van der Waals surface area contributed by atoms with Crippen molar-refractivity contribution in [3.05, 3.63) is 86.6 Å². The summed E-state index contributed by atoms with van der Waals surface area (Å²) in [5.74, 6) is -0.205. The number of ether oxygens (including phenoxy) is 1. The second-order valence-electron chi connectivity index (χ2n) is 6.58. The molecular weight excluding hydrogens is 394 g/mol. The molecule has 0 aliphatic carbocycles. The molecule has 0 spiro atoms. The zero-order valence-corrected chi connectivity index (χ0v) is 16.4. The molecule has 3 heterocycles. The summed E-state index contributed by atoms with van der Waals surface area (Å²) < 4.78 is 12.0. The van der Waals surface area contributed by atoms with Crippen molar-refractivity contribution in [1.82, 2.24) is 14.5 Å². The molecule has 0 saturated heterocycles. The molecule has 0 bridgehead atoms. The van der Waals surface area contributed by atoms with Crippen LogP contribution in [0.25, 0.3) is 17.0 Å². The normalized spacial score (nSPS) is 11.0. The lowest BCUT2D eigenvalue weighted by molar-refractivity contribution is 0.0461. The van der Waals surface area contributed by atoms with Crippen LogP contribution in [0.15, 0.2) is 58.1 Å². The van der Waals surface area contributed by atoms with Crippen LogP contribution >= 0.6 is 11.6 Å². The molecule has 4 aromatic rings. The molecule has 0 atom stereocenters. The van der Waals surface area contributed by atoms with Gasteiger partial charge in [0.25, 0.3) is 5.56 Å². The molecule has 0 radical (unpaired) electrons. The fourth-order valence-electron chi connectivity index (χ4n) is 2.90. The first-order valence-electron chi connectivity index (χ1n) is 8.80. The minimum Gasteiger partial charge on any atom is -0.455 e. The largest absolute Gasteiger partial charge is 0.455 e. The first kappa shape index (κ1) is 18.9. The van der Waals surface area contributed by atoms with Crippen LogP contribution in [0.5, 0.6) is 0 Å². The Hall–Kier alpha value is -3.45. The van der Waals surface area contributed by atoms with E-state index in [1.165, 1.54) is 10.6 Å². The Balaban J connectivity index is 1.54. The number of hydrogen-bond acceptors (Lipinski definition) is 6. The minimum atomic E-state index is -0.770. The van der Waals surface area contributed by atoms with Gasteiger partial charge in [-0.3, -0.25) is 9.20 Å². The Morgan fingerprint density at radius 2 is 1.97 bits per heavy atom. The summed E-state index contributed by atoms with van der Waals surface area (Å²) in [6.07, 6.45) is 2.81. The summed E-state index contributed by atoms with van der Waals surface area (Å²) >= 11 is 5.91. The van der Waals surface area contributed by atoms with E-state index in [-0.39, 0.29) is 12.2 Å². The average molecular weight is 410 g/mol. The van der Waals surface area contributed by atoms with E-state index in [0.29, 0.717) is 22.1 Å².